The van der Waals surface area contributed by atoms with Gasteiger partial charge < -0.3 is 0 Å². The Hall–Kier alpha value is -1.11. The number of hydrogen-bond donors (Lipinski definition) is 0. The maximum absolute atomic E-state index is 11.6. The van der Waals surface area contributed by atoms with Crippen molar-refractivity contribution in [3.05, 3.63) is 36.0 Å². The van der Waals surface area contributed by atoms with Gasteiger partial charge in [-0.15, -0.1) is 6.58 Å². The van der Waals surface area contributed by atoms with Crippen LogP contribution in [0.2, 0.25) is 0 Å². The van der Waals surface area contributed by atoms with E-state index in [1.165, 1.54) is 11.1 Å². The molecule has 1 rings (SSSR count). The molecule has 17 heavy (non-hydrogen) atoms. The zero-order valence-corrected chi connectivity index (χ0v) is 11.5. The van der Waals surface area contributed by atoms with Crippen molar-refractivity contribution < 1.29 is 4.79 Å². The van der Waals surface area contributed by atoms with Gasteiger partial charge in [0.25, 0.3) is 0 Å². The third-order valence-electron chi connectivity index (χ3n) is 3.68. The molecule has 1 unspecified atom stereocenters. The second-order valence-corrected chi connectivity index (χ2v) is 5.63. The first-order valence-corrected chi connectivity index (χ1v) is 6.39. The molecule has 0 aromatic carbocycles. The molecule has 0 spiro atoms. The van der Waals surface area contributed by atoms with Gasteiger partial charge in [-0.1, -0.05) is 37.6 Å². The second-order valence-electron chi connectivity index (χ2n) is 5.63. The summed E-state index contributed by atoms with van der Waals surface area (Å²) in [5.41, 5.74) is 2.86. The smallest absolute Gasteiger partial charge is 0.136 e. The Kier molecular flexibility index (Phi) is 4.50. The summed E-state index contributed by atoms with van der Waals surface area (Å²) in [5.74, 6) is 0.217. The van der Waals surface area contributed by atoms with Crippen molar-refractivity contribution in [1.82, 2.24) is 0 Å². The van der Waals surface area contributed by atoms with Gasteiger partial charge in [-0.3, -0.25) is 4.79 Å². The van der Waals surface area contributed by atoms with Gasteiger partial charge in [-0.2, -0.15) is 0 Å². The van der Waals surface area contributed by atoms with Crippen molar-refractivity contribution in [1.29, 1.82) is 0 Å². The van der Waals surface area contributed by atoms with Crippen LogP contribution in [0.1, 0.15) is 47.0 Å². The van der Waals surface area contributed by atoms with Gasteiger partial charge >= 0.3 is 0 Å². The Labute approximate surface area is 105 Å². The van der Waals surface area contributed by atoms with Gasteiger partial charge in [-0.25, -0.2) is 0 Å². The fraction of sp³-hybridized carbons (Fsp3) is 0.562. The summed E-state index contributed by atoms with van der Waals surface area (Å²) in [6, 6.07) is 0. The van der Waals surface area contributed by atoms with Crippen LogP contribution in [0.4, 0.5) is 0 Å². The summed E-state index contributed by atoms with van der Waals surface area (Å²) in [6.45, 7) is 12.1. The van der Waals surface area contributed by atoms with Crippen LogP contribution in [0.3, 0.4) is 0 Å². The maximum Gasteiger partial charge on any atom is 0.136 e. The largest absolute Gasteiger partial charge is 0.299 e. The van der Waals surface area contributed by atoms with Crippen molar-refractivity contribution in [2.24, 2.45) is 11.3 Å². The second kappa shape index (κ2) is 5.48. The molecule has 0 radical (unpaired) electrons. The van der Waals surface area contributed by atoms with Crippen LogP contribution in [0.25, 0.3) is 0 Å². The quantitative estimate of drug-likeness (QED) is 0.654. The summed E-state index contributed by atoms with van der Waals surface area (Å²) >= 11 is 0. The van der Waals surface area contributed by atoms with Gasteiger partial charge in [0.15, 0.2) is 0 Å². The molecule has 1 atom stereocenters. The highest BCUT2D eigenvalue weighted by molar-refractivity contribution is 5.80. The molecule has 0 bridgehead atoms. The Morgan fingerprint density at radius 2 is 2.24 bits per heavy atom. The predicted molar refractivity (Wildman–Crippen MR) is 73.8 cm³/mol. The Morgan fingerprint density at radius 3 is 2.71 bits per heavy atom. The number of ketones is 1. The van der Waals surface area contributed by atoms with E-state index >= 15 is 0 Å². The number of hydrogen-bond acceptors (Lipinski definition) is 1. The lowest BCUT2D eigenvalue weighted by Gasteiger charge is -2.33. The first-order valence-electron chi connectivity index (χ1n) is 6.39. The molecular formula is C16H24O. The lowest BCUT2D eigenvalue weighted by molar-refractivity contribution is -0.119. The molecule has 1 aliphatic rings. The fourth-order valence-electron chi connectivity index (χ4n) is 2.52. The number of carbonyl (C=O) groups excluding carboxylic acids is 1. The summed E-state index contributed by atoms with van der Waals surface area (Å²) in [5, 5.41) is 0. The number of rotatable bonds is 4. The van der Waals surface area contributed by atoms with Crippen LogP contribution in [0.5, 0.6) is 0 Å². The lowest BCUT2D eigenvalue weighted by atomic mass is 9.72. The molecule has 0 amide bonds. The highest BCUT2D eigenvalue weighted by atomic mass is 16.1. The minimum Gasteiger partial charge on any atom is -0.299 e. The fourth-order valence-corrected chi connectivity index (χ4v) is 2.52. The van der Waals surface area contributed by atoms with Gasteiger partial charge in [0.05, 0.1) is 0 Å². The average Bonchev–Trinajstić information content (AvgIpc) is 2.21. The summed E-state index contributed by atoms with van der Waals surface area (Å²) in [7, 11) is 0. The summed E-state index contributed by atoms with van der Waals surface area (Å²) in [4.78, 5) is 11.6. The van der Waals surface area contributed by atoms with Crippen molar-refractivity contribution in [3.63, 3.8) is 0 Å². The minimum absolute atomic E-state index is 0.0109. The highest BCUT2D eigenvalue weighted by Crippen LogP contribution is 2.41. The van der Waals surface area contributed by atoms with Crippen molar-refractivity contribution >= 4 is 5.78 Å². The van der Waals surface area contributed by atoms with E-state index < -0.39 is 0 Å². The monoisotopic (exact) mass is 232 g/mol. The predicted octanol–water partition coefficient (Wildman–Crippen LogP) is 4.46. The first kappa shape index (κ1) is 14.0. The number of carbonyl (C=O) groups is 1. The molecule has 0 aliphatic heterocycles. The summed E-state index contributed by atoms with van der Waals surface area (Å²) < 4.78 is 0. The van der Waals surface area contributed by atoms with E-state index in [4.69, 9.17) is 0 Å². The third kappa shape index (κ3) is 3.42. The highest BCUT2D eigenvalue weighted by Gasteiger charge is 2.28. The van der Waals surface area contributed by atoms with Crippen LogP contribution >= 0.6 is 0 Å². The van der Waals surface area contributed by atoms with Crippen LogP contribution in [0, 0.1) is 11.3 Å². The molecule has 94 valence electrons. The van der Waals surface area contributed by atoms with E-state index in [2.05, 4.69) is 39.5 Å². The van der Waals surface area contributed by atoms with E-state index in [0.29, 0.717) is 0 Å². The molecule has 0 aromatic heterocycles. The standard InChI is InChI=1S/C16H24O/c1-6-8-14(13(3)17)11-15-12(2)9-7-10-16(15,4)5/h6,9,11,14H,1,7-8,10H2,2-5H3. The van der Waals surface area contributed by atoms with Crippen LogP contribution in [-0.4, -0.2) is 5.78 Å². The molecule has 1 aliphatic carbocycles. The molecule has 0 saturated carbocycles. The molecule has 0 fully saturated rings. The van der Waals surface area contributed by atoms with Gasteiger partial charge in [-0.05, 0) is 44.1 Å². The van der Waals surface area contributed by atoms with Crippen LogP contribution in [-0.2, 0) is 4.79 Å². The zero-order valence-electron chi connectivity index (χ0n) is 11.5. The van der Waals surface area contributed by atoms with Gasteiger partial charge in [0, 0.05) is 5.92 Å². The molecule has 1 nitrogen and oxygen atoms in total. The topological polar surface area (TPSA) is 17.1 Å². The van der Waals surface area contributed by atoms with Crippen molar-refractivity contribution in [3.8, 4) is 0 Å². The van der Waals surface area contributed by atoms with Crippen molar-refractivity contribution in [2.45, 2.75) is 47.0 Å². The first-order chi connectivity index (χ1) is 7.88. The SMILES string of the molecule is C=CCC(C=C1C(C)=CCCC1(C)C)C(C)=O. The number of Topliss-reactive ketones (excluding diaryl/α,β-unsaturated/α-hetero) is 1. The molecule has 0 heterocycles. The van der Waals surface area contributed by atoms with E-state index in [-0.39, 0.29) is 17.1 Å². The van der Waals surface area contributed by atoms with E-state index in [1.807, 2.05) is 6.08 Å². The minimum atomic E-state index is -0.0109. The van der Waals surface area contributed by atoms with Gasteiger partial charge in [0.2, 0.25) is 0 Å². The molecule has 1 heteroatoms. The van der Waals surface area contributed by atoms with E-state index in [1.54, 1.807) is 6.92 Å². The van der Waals surface area contributed by atoms with Gasteiger partial charge in [0.1, 0.15) is 5.78 Å². The van der Waals surface area contributed by atoms with E-state index in [0.717, 1.165) is 19.3 Å². The third-order valence-corrected chi connectivity index (χ3v) is 3.68. The zero-order chi connectivity index (χ0) is 13.1. The van der Waals surface area contributed by atoms with Crippen LogP contribution in [0.15, 0.2) is 36.0 Å². The summed E-state index contributed by atoms with van der Waals surface area (Å²) in [6.07, 6.45) is 9.31. The number of allylic oxidation sites excluding steroid dienone is 5. The maximum atomic E-state index is 11.6. The molecule has 0 saturated heterocycles. The molecule has 0 aromatic rings. The van der Waals surface area contributed by atoms with E-state index in [9.17, 15) is 4.79 Å². The van der Waals surface area contributed by atoms with Crippen molar-refractivity contribution in [2.75, 3.05) is 0 Å². The normalized spacial score (nSPS) is 23.1. The van der Waals surface area contributed by atoms with Crippen LogP contribution < -0.4 is 0 Å². The molecular weight excluding hydrogens is 208 g/mol. The average molecular weight is 232 g/mol. The molecule has 0 N–H and O–H groups in total. The Bertz CT molecular complexity index is 369. The lowest BCUT2D eigenvalue weighted by Crippen LogP contribution is -2.21. The Morgan fingerprint density at radius 1 is 1.59 bits per heavy atom. The Balaban J connectivity index is 3.08.